The highest BCUT2D eigenvalue weighted by atomic mass is 79.9. The molecule has 0 aromatic heterocycles. The van der Waals surface area contributed by atoms with E-state index in [1.807, 2.05) is 39.0 Å². The highest BCUT2D eigenvalue weighted by Crippen LogP contribution is 2.26. The lowest BCUT2D eigenvalue weighted by Crippen LogP contribution is -2.50. The number of carbonyl (C=O) groups is 1. The molecule has 0 spiro atoms. The number of hydrogen-bond acceptors (Lipinski definition) is 5. The van der Waals surface area contributed by atoms with Gasteiger partial charge in [0.2, 0.25) is 0 Å². The smallest absolute Gasteiger partial charge is 0.410 e. The summed E-state index contributed by atoms with van der Waals surface area (Å²) in [6, 6.07) is 5.51. The molecule has 1 aliphatic heterocycles. The molecule has 0 bridgehead atoms. The van der Waals surface area contributed by atoms with Gasteiger partial charge in [-0.1, -0.05) is 0 Å². The Morgan fingerprint density at radius 1 is 1.25 bits per heavy atom. The van der Waals surface area contributed by atoms with Crippen molar-refractivity contribution in [3.8, 4) is 5.75 Å². The molecule has 134 valence electrons. The maximum absolute atomic E-state index is 12.0. The second-order valence-corrected chi connectivity index (χ2v) is 7.70. The van der Waals surface area contributed by atoms with Gasteiger partial charge in [-0.15, -0.1) is 0 Å². The summed E-state index contributed by atoms with van der Waals surface area (Å²) < 4.78 is 12.0. The van der Waals surface area contributed by atoms with E-state index >= 15 is 0 Å². The van der Waals surface area contributed by atoms with Gasteiger partial charge in [0.25, 0.3) is 0 Å². The van der Waals surface area contributed by atoms with E-state index in [4.69, 9.17) is 15.2 Å². The van der Waals surface area contributed by atoms with Crippen LogP contribution < -0.4 is 10.5 Å². The molecule has 1 saturated heterocycles. The zero-order valence-corrected chi connectivity index (χ0v) is 16.1. The van der Waals surface area contributed by atoms with Crippen molar-refractivity contribution in [3.05, 3.63) is 22.7 Å². The normalized spacial score (nSPS) is 16.1. The fraction of sp³-hybridized carbons (Fsp3) is 0.588. The molecule has 2 N–H and O–H groups in total. The lowest BCUT2D eigenvalue weighted by atomic mass is 10.2. The largest absolute Gasteiger partial charge is 0.491 e. The average Bonchev–Trinajstić information content (AvgIpc) is 2.48. The second kappa shape index (κ2) is 8.07. The van der Waals surface area contributed by atoms with Crippen molar-refractivity contribution in [3.63, 3.8) is 0 Å². The van der Waals surface area contributed by atoms with Crippen molar-refractivity contribution in [1.29, 1.82) is 0 Å². The Balaban J connectivity index is 1.70. The van der Waals surface area contributed by atoms with Crippen LogP contribution in [0.5, 0.6) is 5.75 Å². The van der Waals surface area contributed by atoms with Crippen molar-refractivity contribution >= 4 is 27.7 Å². The first-order chi connectivity index (χ1) is 11.2. The van der Waals surface area contributed by atoms with Crippen molar-refractivity contribution in [2.45, 2.75) is 26.4 Å². The lowest BCUT2D eigenvalue weighted by molar-refractivity contribution is 0.0137. The Morgan fingerprint density at radius 2 is 1.92 bits per heavy atom. The lowest BCUT2D eigenvalue weighted by Gasteiger charge is -2.35. The number of amides is 1. The number of rotatable bonds is 4. The number of nitrogens with zero attached hydrogens (tertiary/aromatic N) is 2. The predicted octanol–water partition coefficient (Wildman–Crippen LogP) is 2.96. The van der Waals surface area contributed by atoms with Crippen LogP contribution in [0, 0.1) is 0 Å². The van der Waals surface area contributed by atoms with E-state index in [9.17, 15) is 4.79 Å². The molecule has 0 radical (unpaired) electrons. The number of halogens is 1. The highest BCUT2D eigenvalue weighted by Gasteiger charge is 2.25. The fourth-order valence-electron chi connectivity index (χ4n) is 2.40. The van der Waals surface area contributed by atoms with E-state index in [1.165, 1.54) is 0 Å². The van der Waals surface area contributed by atoms with Gasteiger partial charge in [-0.2, -0.15) is 0 Å². The first kappa shape index (κ1) is 18.9. The van der Waals surface area contributed by atoms with Gasteiger partial charge in [0.05, 0.1) is 4.47 Å². The molecule has 6 nitrogen and oxygen atoms in total. The van der Waals surface area contributed by atoms with Crippen molar-refractivity contribution < 1.29 is 14.3 Å². The maximum Gasteiger partial charge on any atom is 0.410 e. The Kier molecular flexibility index (Phi) is 6.34. The van der Waals surface area contributed by atoms with E-state index in [0.29, 0.717) is 25.4 Å². The fourth-order valence-corrected chi connectivity index (χ4v) is 2.91. The number of ether oxygens (including phenoxy) is 2. The summed E-state index contributed by atoms with van der Waals surface area (Å²) in [4.78, 5) is 16.1. The number of nitrogens with two attached hydrogens (primary N) is 1. The number of anilines is 1. The van der Waals surface area contributed by atoms with Gasteiger partial charge in [-0.3, -0.25) is 4.90 Å². The van der Waals surface area contributed by atoms with E-state index in [0.717, 1.165) is 29.9 Å². The van der Waals surface area contributed by atoms with E-state index < -0.39 is 5.60 Å². The van der Waals surface area contributed by atoms with Crippen molar-refractivity contribution in [2.75, 3.05) is 45.1 Å². The quantitative estimate of drug-likeness (QED) is 0.788. The molecule has 1 amide bonds. The van der Waals surface area contributed by atoms with Gasteiger partial charge in [0, 0.05) is 38.4 Å². The molecule has 0 unspecified atom stereocenters. The van der Waals surface area contributed by atoms with Crippen LogP contribution in [0.2, 0.25) is 0 Å². The van der Waals surface area contributed by atoms with E-state index in [-0.39, 0.29) is 6.09 Å². The molecular weight excluding hydrogens is 374 g/mol. The molecule has 1 fully saturated rings. The van der Waals surface area contributed by atoms with Gasteiger partial charge in [0.1, 0.15) is 18.0 Å². The summed E-state index contributed by atoms with van der Waals surface area (Å²) in [6.07, 6.45) is -0.232. The number of hydrogen-bond donors (Lipinski definition) is 1. The molecule has 0 saturated carbocycles. The van der Waals surface area contributed by atoms with Gasteiger partial charge < -0.3 is 20.1 Å². The second-order valence-electron chi connectivity index (χ2n) is 6.85. The molecule has 24 heavy (non-hydrogen) atoms. The number of carbonyl (C=O) groups excluding carboxylic acids is 1. The summed E-state index contributed by atoms with van der Waals surface area (Å²) in [7, 11) is 0. The minimum absolute atomic E-state index is 0.232. The molecule has 1 aromatic rings. The zero-order chi connectivity index (χ0) is 17.7. The van der Waals surface area contributed by atoms with Crippen LogP contribution in [-0.4, -0.2) is 60.8 Å². The minimum Gasteiger partial charge on any atom is -0.491 e. The predicted molar refractivity (Wildman–Crippen MR) is 98.3 cm³/mol. The van der Waals surface area contributed by atoms with Crippen molar-refractivity contribution in [1.82, 2.24) is 9.80 Å². The van der Waals surface area contributed by atoms with Gasteiger partial charge in [-0.05, 0) is 54.9 Å². The van der Waals surface area contributed by atoms with Crippen LogP contribution in [0.15, 0.2) is 22.7 Å². The SMILES string of the molecule is CC(C)(C)OC(=O)N1CCN(CCOc2ccc(N)cc2Br)CC1. The number of benzene rings is 1. The van der Waals surface area contributed by atoms with Crippen LogP contribution in [0.3, 0.4) is 0 Å². The first-order valence-corrected chi connectivity index (χ1v) is 8.92. The molecule has 1 heterocycles. The summed E-state index contributed by atoms with van der Waals surface area (Å²) in [5, 5.41) is 0. The monoisotopic (exact) mass is 399 g/mol. The third kappa shape index (κ3) is 5.87. The Labute approximate surface area is 152 Å². The molecule has 0 aliphatic carbocycles. The Bertz CT molecular complexity index is 567. The maximum atomic E-state index is 12.0. The third-order valence-electron chi connectivity index (χ3n) is 3.65. The molecule has 7 heteroatoms. The summed E-state index contributed by atoms with van der Waals surface area (Å²) in [5.74, 6) is 0.789. The Morgan fingerprint density at radius 3 is 2.50 bits per heavy atom. The van der Waals surface area contributed by atoms with Crippen LogP contribution >= 0.6 is 15.9 Å². The third-order valence-corrected chi connectivity index (χ3v) is 4.26. The highest BCUT2D eigenvalue weighted by molar-refractivity contribution is 9.10. The van der Waals surface area contributed by atoms with E-state index in [1.54, 1.807) is 4.90 Å². The number of nitrogen functional groups attached to an aromatic ring is 1. The molecule has 2 rings (SSSR count). The summed E-state index contributed by atoms with van der Waals surface area (Å²) in [6.45, 7) is 10.1. The van der Waals surface area contributed by atoms with Crippen LogP contribution in [0.25, 0.3) is 0 Å². The van der Waals surface area contributed by atoms with Crippen molar-refractivity contribution in [2.24, 2.45) is 0 Å². The molecule has 1 aromatic carbocycles. The van der Waals surface area contributed by atoms with E-state index in [2.05, 4.69) is 20.8 Å². The standard InChI is InChI=1S/C17H26BrN3O3/c1-17(2,3)24-16(22)21-8-6-20(7-9-21)10-11-23-15-5-4-13(19)12-14(15)18/h4-5,12H,6-11,19H2,1-3H3. The topological polar surface area (TPSA) is 68.0 Å². The van der Waals surface area contributed by atoms with Gasteiger partial charge in [0.15, 0.2) is 0 Å². The molecule has 1 aliphatic rings. The molecule has 0 atom stereocenters. The first-order valence-electron chi connectivity index (χ1n) is 8.13. The zero-order valence-electron chi connectivity index (χ0n) is 14.5. The summed E-state index contributed by atoms with van der Waals surface area (Å²) >= 11 is 3.44. The van der Waals surface area contributed by atoms with Crippen LogP contribution in [-0.2, 0) is 4.74 Å². The van der Waals surface area contributed by atoms with Gasteiger partial charge in [-0.25, -0.2) is 4.79 Å². The Hall–Kier alpha value is -1.47. The summed E-state index contributed by atoms with van der Waals surface area (Å²) in [5.41, 5.74) is 5.96. The minimum atomic E-state index is -0.450. The average molecular weight is 400 g/mol. The van der Waals surface area contributed by atoms with Crippen LogP contribution in [0.4, 0.5) is 10.5 Å². The molecular formula is C17H26BrN3O3. The van der Waals surface area contributed by atoms with Crippen LogP contribution in [0.1, 0.15) is 20.8 Å². The van der Waals surface area contributed by atoms with Gasteiger partial charge >= 0.3 is 6.09 Å². The number of piperazine rings is 1.